The zero-order valence-corrected chi connectivity index (χ0v) is 14.3. The third kappa shape index (κ3) is 4.17. The fourth-order valence-electron chi connectivity index (χ4n) is 3.98. The van der Waals surface area contributed by atoms with Crippen molar-refractivity contribution in [3.05, 3.63) is 28.2 Å². The Morgan fingerprint density at radius 2 is 1.84 bits per heavy atom. The Morgan fingerprint density at radius 3 is 2.40 bits per heavy atom. The van der Waals surface area contributed by atoms with Crippen LogP contribution >= 0.6 is 12.4 Å². The van der Waals surface area contributed by atoms with E-state index in [1.165, 1.54) is 0 Å². The number of alkyl halides is 3. The number of carbonyl (C=O) groups is 1. The number of rotatable bonds is 2. The molecule has 2 fully saturated rings. The summed E-state index contributed by atoms with van der Waals surface area (Å²) in [6, 6.07) is 0.770. The number of aromatic amines is 1. The van der Waals surface area contributed by atoms with Crippen LogP contribution in [0.15, 0.2) is 17.1 Å². The molecule has 2 atom stereocenters. The molecule has 0 aliphatic heterocycles. The van der Waals surface area contributed by atoms with Crippen molar-refractivity contribution in [1.29, 1.82) is 0 Å². The number of carbonyl (C=O) groups excluding carboxylic acids is 1. The number of amides is 1. The van der Waals surface area contributed by atoms with Crippen LogP contribution in [0.25, 0.3) is 0 Å². The van der Waals surface area contributed by atoms with Crippen LogP contribution in [0.2, 0.25) is 0 Å². The maximum Gasteiger partial charge on any atom is 0.417 e. The van der Waals surface area contributed by atoms with Crippen LogP contribution in [0.5, 0.6) is 0 Å². The van der Waals surface area contributed by atoms with Crippen molar-refractivity contribution in [1.82, 2.24) is 4.98 Å². The predicted molar refractivity (Wildman–Crippen MR) is 89.5 cm³/mol. The molecule has 1 amide bonds. The number of fused-ring (bicyclic) bond motifs is 2. The summed E-state index contributed by atoms with van der Waals surface area (Å²) < 4.78 is 38.2. The van der Waals surface area contributed by atoms with Gasteiger partial charge in [-0.1, -0.05) is 6.42 Å². The number of hydrogen-bond donors (Lipinski definition) is 3. The van der Waals surface area contributed by atoms with Crippen molar-refractivity contribution in [2.45, 2.75) is 44.3 Å². The molecule has 1 aromatic rings. The minimum Gasteiger partial charge on any atom is -0.327 e. The van der Waals surface area contributed by atoms with Gasteiger partial charge in [0.05, 0.1) is 5.56 Å². The highest BCUT2D eigenvalue weighted by Gasteiger charge is 2.40. The molecule has 0 radical (unpaired) electrons. The number of nitrogens with one attached hydrogen (secondary N) is 2. The van der Waals surface area contributed by atoms with E-state index in [-0.39, 0.29) is 41.9 Å². The van der Waals surface area contributed by atoms with Gasteiger partial charge in [0.25, 0.3) is 5.56 Å². The van der Waals surface area contributed by atoms with E-state index in [1.54, 1.807) is 0 Å². The van der Waals surface area contributed by atoms with Crippen LogP contribution in [-0.4, -0.2) is 16.9 Å². The Morgan fingerprint density at radius 1 is 1.24 bits per heavy atom. The number of anilines is 1. The standard InChI is InChI=1S/C16H20F3N3O2.ClH/c17-16(18,19)11-6-12(15(24)21-7-11)22-14(23)10-4-8-2-1-3-9(5-10)13(8)20;/h6-10,13H,1-5,20H2,(H,21,24)(H,22,23);1H. The van der Waals surface area contributed by atoms with Gasteiger partial charge in [0.2, 0.25) is 5.91 Å². The van der Waals surface area contributed by atoms with Crippen molar-refractivity contribution < 1.29 is 18.0 Å². The van der Waals surface area contributed by atoms with E-state index in [4.69, 9.17) is 5.73 Å². The normalized spacial score (nSPS) is 28.8. The molecule has 0 saturated heterocycles. The van der Waals surface area contributed by atoms with Crippen LogP contribution in [0, 0.1) is 17.8 Å². The van der Waals surface area contributed by atoms with Crippen LogP contribution in [0.4, 0.5) is 18.9 Å². The van der Waals surface area contributed by atoms with Gasteiger partial charge >= 0.3 is 6.18 Å². The molecule has 1 heterocycles. The number of H-pyrrole nitrogens is 1. The van der Waals surface area contributed by atoms with Crippen LogP contribution < -0.4 is 16.6 Å². The monoisotopic (exact) mass is 379 g/mol. The lowest BCUT2D eigenvalue weighted by atomic mass is 9.65. The summed E-state index contributed by atoms with van der Waals surface area (Å²) in [6.07, 6.45) is 0.322. The van der Waals surface area contributed by atoms with Gasteiger partial charge in [0, 0.05) is 18.2 Å². The first-order valence-electron chi connectivity index (χ1n) is 8.12. The Labute approximate surface area is 149 Å². The second-order valence-electron chi connectivity index (χ2n) is 6.81. The Bertz CT molecular complexity index is 678. The number of aromatic nitrogens is 1. The fourth-order valence-corrected chi connectivity index (χ4v) is 3.98. The number of halogens is 4. The molecule has 2 unspecified atom stereocenters. The van der Waals surface area contributed by atoms with Gasteiger partial charge < -0.3 is 16.0 Å². The lowest BCUT2D eigenvalue weighted by molar-refractivity contribution is -0.137. The molecule has 25 heavy (non-hydrogen) atoms. The minimum atomic E-state index is -4.59. The van der Waals surface area contributed by atoms with Gasteiger partial charge in [0.15, 0.2) is 0 Å². The quantitative estimate of drug-likeness (QED) is 0.738. The molecule has 2 aliphatic carbocycles. The third-order valence-corrected chi connectivity index (χ3v) is 5.27. The minimum absolute atomic E-state index is 0. The third-order valence-electron chi connectivity index (χ3n) is 5.27. The maximum atomic E-state index is 12.7. The Balaban J connectivity index is 0.00000225. The Hall–Kier alpha value is -1.54. The van der Waals surface area contributed by atoms with Crippen molar-refractivity contribution in [3.8, 4) is 0 Å². The molecule has 1 aromatic heterocycles. The highest BCUT2D eigenvalue weighted by atomic mass is 35.5. The first kappa shape index (κ1) is 19.8. The predicted octanol–water partition coefficient (Wildman–Crippen LogP) is 2.91. The van der Waals surface area contributed by atoms with E-state index >= 15 is 0 Å². The average molecular weight is 380 g/mol. The highest BCUT2D eigenvalue weighted by Crippen LogP contribution is 2.42. The summed E-state index contributed by atoms with van der Waals surface area (Å²) in [5.41, 5.74) is 4.07. The van der Waals surface area contributed by atoms with E-state index in [0.717, 1.165) is 19.3 Å². The van der Waals surface area contributed by atoms with E-state index < -0.39 is 23.2 Å². The molecule has 4 N–H and O–H groups in total. The largest absolute Gasteiger partial charge is 0.417 e. The number of pyridine rings is 1. The van der Waals surface area contributed by atoms with E-state index in [9.17, 15) is 22.8 Å². The summed E-state index contributed by atoms with van der Waals surface area (Å²) in [6.45, 7) is 0. The van der Waals surface area contributed by atoms with E-state index in [0.29, 0.717) is 25.1 Å². The van der Waals surface area contributed by atoms with Gasteiger partial charge in [-0.05, 0) is 43.6 Å². The maximum absolute atomic E-state index is 12.7. The molecule has 9 heteroatoms. The molecule has 0 aromatic carbocycles. The summed E-state index contributed by atoms with van der Waals surface area (Å²) in [4.78, 5) is 26.2. The fraction of sp³-hybridized carbons (Fsp3) is 0.625. The molecule has 2 saturated carbocycles. The Kier molecular flexibility index (Phi) is 5.83. The first-order valence-corrected chi connectivity index (χ1v) is 8.12. The number of hydrogen-bond acceptors (Lipinski definition) is 3. The highest BCUT2D eigenvalue weighted by molar-refractivity contribution is 5.92. The lowest BCUT2D eigenvalue weighted by Gasteiger charge is -2.43. The molecular formula is C16H21ClF3N3O2. The molecule has 2 aliphatic rings. The zero-order valence-electron chi connectivity index (χ0n) is 13.4. The van der Waals surface area contributed by atoms with Gasteiger partial charge in [0.1, 0.15) is 5.69 Å². The van der Waals surface area contributed by atoms with E-state index in [1.807, 2.05) is 4.98 Å². The van der Waals surface area contributed by atoms with Crippen molar-refractivity contribution in [3.63, 3.8) is 0 Å². The summed E-state index contributed by atoms with van der Waals surface area (Å²) in [5, 5.41) is 2.37. The van der Waals surface area contributed by atoms with Gasteiger partial charge in [-0.15, -0.1) is 12.4 Å². The molecule has 5 nitrogen and oxygen atoms in total. The lowest BCUT2D eigenvalue weighted by Crippen LogP contribution is -2.48. The summed E-state index contributed by atoms with van der Waals surface area (Å²) in [7, 11) is 0. The summed E-state index contributed by atoms with van der Waals surface area (Å²) >= 11 is 0. The first-order chi connectivity index (χ1) is 11.3. The topological polar surface area (TPSA) is 88.0 Å². The van der Waals surface area contributed by atoms with Crippen molar-refractivity contribution in [2.24, 2.45) is 23.5 Å². The molecule has 3 rings (SSSR count). The van der Waals surface area contributed by atoms with Crippen molar-refractivity contribution in [2.75, 3.05) is 5.32 Å². The zero-order chi connectivity index (χ0) is 17.5. The summed E-state index contributed by atoms with van der Waals surface area (Å²) in [5.74, 6) is -0.168. The van der Waals surface area contributed by atoms with E-state index in [2.05, 4.69) is 5.32 Å². The smallest absolute Gasteiger partial charge is 0.327 e. The van der Waals surface area contributed by atoms with Crippen LogP contribution in [-0.2, 0) is 11.0 Å². The van der Waals surface area contributed by atoms with Gasteiger partial charge in [-0.2, -0.15) is 13.2 Å². The molecule has 0 spiro atoms. The van der Waals surface area contributed by atoms with Crippen LogP contribution in [0.3, 0.4) is 0 Å². The van der Waals surface area contributed by atoms with Crippen LogP contribution in [0.1, 0.15) is 37.7 Å². The SMILES string of the molecule is Cl.NC1C2CCCC1CC(C(=O)Nc1cc(C(F)(F)F)c[nH]c1=O)C2. The van der Waals surface area contributed by atoms with Gasteiger partial charge in [-0.3, -0.25) is 9.59 Å². The second kappa shape index (κ2) is 7.37. The average Bonchev–Trinajstić information content (AvgIpc) is 2.48. The molecule has 140 valence electrons. The van der Waals surface area contributed by atoms with Crippen molar-refractivity contribution >= 4 is 24.0 Å². The number of nitrogens with two attached hydrogens (primary N) is 1. The second-order valence-corrected chi connectivity index (χ2v) is 6.81. The molecule has 2 bridgehead atoms. The molecular weight excluding hydrogens is 359 g/mol. The van der Waals surface area contributed by atoms with Gasteiger partial charge in [-0.25, -0.2) is 0 Å².